The van der Waals surface area contributed by atoms with Crippen molar-refractivity contribution in [1.82, 2.24) is 9.80 Å². The zero-order chi connectivity index (χ0) is 13.2. The summed E-state index contributed by atoms with van der Waals surface area (Å²) in [5, 5.41) is 8.77. The van der Waals surface area contributed by atoms with Crippen LogP contribution in [-0.2, 0) is 14.6 Å². The molecule has 0 aromatic carbocycles. The zero-order valence-electron chi connectivity index (χ0n) is 9.79. The first kappa shape index (κ1) is 13.8. The fourth-order valence-corrected chi connectivity index (χ4v) is 2.66. The number of sulfone groups is 1. The van der Waals surface area contributed by atoms with Gasteiger partial charge in [-0.1, -0.05) is 0 Å². The molecule has 0 aromatic heterocycles. The van der Waals surface area contributed by atoms with E-state index in [0.717, 1.165) is 4.90 Å². The Morgan fingerprint density at radius 1 is 1.29 bits per heavy atom. The summed E-state index contributed by atoms with van der Waals surface area (Å²) in [6.07, 6.45) is 0. The third-order valence-corrected chi connectivity index (χ3v) is 4.46. The molecule has 7 nitrogen and oxygen atoms in total. The fraction of sp³-hybridized carbons (Fsp3) is 0.778. The van der Waals surface area contributed by atoms with Crippen molar-refractivity contribution in [3.63, 3.8) is 0 Å². The van der Waals surface area contributed by atoms with E-state index in [1.165, 1.54) is 18.9 Å². The van der Waals surface area contributed by atoms with Crippen molar-refractivity contribution in [2.24, 2.45) is 0 Å². The van der Waals surface area contributed by atoms with Gasteiger partial charge in [0, 0.05) is 20.1 Å². The third kappa shape index (κ3) is 3.32. The number of carboxylic acid groups (broad SMARTS) is 1. The number of carboxylic acids is 1. The Morgan fingerprint density at radius 2 is 1.76 bits per heavy atom. The summed E-state index contributed by atoms with van der Waals surface area (Å²) >= 11 is 0. The summed E-state index contributed by atoms with van der Waals surface area (Å²) < 4.78 is 22.4. The lowest BCUT2D eigenvalue weighted by Gasteiger charge is -2.32. The Hall–Kier alpha value is -1.31. The summed E-state index contributed by atoms with van der Waals surface area (Å²) in [4.78, 5) is 25.0. The van der Waals surface area contributed by atoms with E-state index < -0.39 is 27.9 Å². The second-order valence-corrected chi connectivity index (χ2v) is 6.35. The molecule has 1 atom stereocenters. The number of aliphatic carboxylic acids is 1. The van der Waals surface area contributed by atoms with Crippen LogP contribution in [0.25, 0.3) is 0 Å². The molecule has 0 bridgehead atoms. The molecule has 0 aliphatic carbocycles. The zero-order valence-corrected chi connectivity index (χ0v) is 10.6. The molecule has 98 valence electrons. The summed E-state index contributed by atoms with van der Waals surface area (Å²) in [5.74, 6) is -1.22. The highest BCUT2D eigenvalue weighted by atomic mass is 32.2. The predicted molar refractivity (Wildman–Crippen MR) is 60.5 cm³/mol. The first-order valence-electron chi connectivity index (χ1n) is 5.19. The van der Waals surface area contributed by atoms with Crippen molar-refractivity contribution in [2.75, 3.05) is 31.6 Å². The first-order chi connectivity index (χ1) is 7.74. The van der Waals surface area contributed by atoms with Gasteiger partial charge in [-0.25, -0.2) is 18.0 Å². The van der Waals surface area contributed by atoms with Gasteiger partial charge in [0.15, 0.2) is 9.84 Å². The van der Waals surface area contributed by atoms with Crippen LogP contribution in [0.2, 0.25) is 0 Å². The number of nitrogens with zero attached hydrogens (tertiary/aromatic N) is 2. The minimum Gasteiger partial charge on any atom is -0.480 e. The summed E-state index contributed by atoms with van der Waals surface area (Å²) in [5.41, 5.74) is 0. The van der Waals surface area contributed by atoms with Crippen molar-refractivity contribution in [3.8, 4) is 0 Å². The van der Waals surface area contributed by atoms with E-state index in [9.17, 15) is 18.0 Å². The SMILES string of the molecule is CC(C(=O)O)N(C)C(=O)N1CCS(=O)(=O)CC1. The Labute approximate surface area is 99.9 Å². The van der Waals surface area contributed by atoms with Crippen LogP contribution in [0.15, 0.2) is 0 Å². The Bertz CT molecular complexity index is 405. The van der Waals surface area contributed by atoms with E-state index in [1.54, 1.807) is 0 Å². The van der Waals surface area contributed by atoms with Crippen LogP contribution in [0.3, 0.4) is 0 Å². The lowest BCUT2D eigenvalue weighted by Crippen LogP contribution is -2.52. The number of amides is 2. The maximum atomic E-state index is 11.8. The number of likely N-dealkylation sites (N-methyl/N-ethyl adjacent to an activating group) is 1. The van der Waals surface area contributed by atoms with Crippen LogP contribution >= 0.6 is 0 Å². The molecule has 1 saturated heterocycles. The van der Waals surface area contributed by atoms with E-state index in [2.05, 4.69) is 0 Å². The molecule has 1 aliphatic heterocycles. The monoisotopic (exact) mass is 264 g/mol. The topological polar surface area (TPSA) is 95.0 Å². The van der Waals surface area contributed by atoms with Crippen LogP contribution in [-0.4, -0.2) is 73.0 Å². The van der Waals surface area contributed by atoms with Gasteiger partial charge in [0.1, 0.15) is 6.04 Å². The number of hydrogen-bond acceptors (Lipinski definition) is 4. The normalized spacial score (nSPS) is 20.7. The van der Waals surface area contributed by atoms with Crippen LogP contribution in [0.1, 0.15) is 6.92 Å². The molecule has 1 aliphatic rings. The molecule has 1 N–H and O–H groups in total. The number of carbonyl (C=O) groups is 2. The molecular formula is C9H16N2O5S. The van der Waals surface area contributed by atoms with E-state index >= 15 is 0 Å². The maximum Gasteiger partial charge on any atom is 0.326 e. The molecule has 0 spiro atoms. The van der Waals surface area contributed by atoms with Crippen molar-refractivity contribution in [3.05, 3.63) is 0 Å². The highest BCUT2D eigenvalue weighted by Crippen LogP contribution is 2.08. The Kier molecular flexibility index (Phi) is 3.97. The smallest absolute Gasteiger partial charge is 0.326 e. The summed E-state index contributed by atoms with van der Waals surface area (Å²) in [7, 11) is -1.65. The van der Waals surface area contributed by atoms with E-state index in [1.807, 2.05) is 0 Å². The molecule has 2 amide bonds. The lowest BCUT2D eigenvalue weighted by atomic mass is 10.3. The van der Waals surface area contributed by atoms with Gasteiger partial charge in [0.25, 0.3) is 0 Å². The predicted octanol–water partition coefficient (Wildman–Crippen LogP) is -0.758. The Morgan fingerprint density at radius 3 is 2.18 bits per heavy atom. The quantitative estimate of drug-likeness (QED) is 0.707. The molecule has 1 heterocycles. The average Bonchev–Trinajstić information content (AvgIpc) is 2.26. The second-order valence-electron chi connectivity index (χ2n) is 4.05. The van der Waals surface area contributed by atoms with Crippen molar-refractivity contribution < 1.29 is 23.1 Å². The number of hydrogen-bond donors (Lipinski definition) is 1. The van der Waals surface area contributed by atoms with Gasteiger partial charge in [-0.15, -0.1) is 0 Å². The molecule has 8 heteroatoms. The van der Waals surface area contributed by atoms with Crippen molar-refractivity contribution >= 4 is 21.8 Å². The maximum absolute atomic E-state index is 11.8. The van der Waals surface area contributed by atoms with E-state index in [0.29, 0.717) is 0 Å². The molecule has 0 saturated carbocycles. The average molecular weight is 264 g/mol. The minimum absolute atomic E-state index is 0.0615. The van der Waals surface area contributed by atoms with Gasteiger partial charge in [0.05, 0.1) is 11.5 Å². The van der Waals surface area contributed by atoms with Crippen LogP contribution in [0.5, 0.6) is 0 Å². The molecule has 1 rings (SSSR count). The van der Waals surface area contributed by atoms with Gasteiger partial charge in [-0.3, -0.25) is 0 Å². The fourth-order valence-electron chi connectivity index (χ4n) is 1.46. The minimum atomic E-state index is -3.04. The van der Waals surface area contributed by atoms with Crippen molar-refractivity contribution in [1.29, 1.82) is 0 Å². The van der Waals surface area contributed by atoms with Crippen molar-refractivity contribution in [2.45, 2.75) is 13.0 Å². The molecule has 0 radical (unpaired) electrons. The molecule has 1 fully saturated rings. The number of carbonyl (C=O) groups excluding carboxylic acids is 1. The highest BCUT2D eigenvalue weighted by Gasteiger charge is 2.30. The molecular weight excluding hydrogens is 248 g/mol. The molecule has 17 heavy (non-hydrogen) atoms. The third-order valence-electron chi connectivity index (χ3n) is 2.86. The van der Waals surface area contributed by atoms with Gasteiger partial charge in [-0.2, -0.15) is 0 Å². The van der Waals surface area contributed by atoms with Crippen LogP contribution in [0.4, 0.5) is 4.79 Å². The molecule has 1 unspecified atom stereocenters. The second kappa shape index (κ2) is 4.91. The van der Waals surface area contributed by atoms with Crippen LogP contribution < -0.4 is 0 Å². The number of rotatable bonds is 2. The van der Waals surface area contributed by atoms with Gasteiger partial charge in [0.2, 0.25) is 0 Å². The largest absolute Gasteiger partial charge is 0.480 e. The first-order valence-corrected chi connectivity index (χ1v) is 7.02. The Balaban J connectivity index is 2.63. The summed E-state index contributed by atoms with van der Waals surface area (Å²) in [6, 6.07) is -1.38. The lowest BCUT2D eigenvalue weighted by molar-refractivity contribution is -0.141. The van der Waals surface area contributed by atoms with Gasteiger partial charge < -0.3 is 14.9 Å². The number of urea groups is 1. The van der Waals surface area contributed by atoms with Gasteiger partial charge >= 0.3 is 12.0 Å². The van der Waals surface area contributed by atoms with E-state index in [4.69, 9.17) is 5.11 Å². The summed E-state index contributed by atoms with van der Waals surface area (Å²) in [6.45, 7) is 1.65. The standard InChI is InChI=1S/C9H16N2O5S/c1-7(8(12)13)10(2)9(14)11-3-5-17(15,16)6-4-11/h7H,3-6H2,1-2H3,(H,12,13). The van der Waals surface area contributed by atoms with Gasteiger partial charge in [-0.05, 0) is 6.92 Å². The van der Waals surface area contributed by atoms with Crippen LogP contribution in [0, 0.1) is 0 Å². The van der Waals surface area contributed by atoms with E-state index in [-0.39, 0.29) is 24.6 Å². The highest BCUT2D eigenvalue weighted by molar-refractivity contribution is 7.91. The molecule has 0 aromatic rings.